The molecule has 0 amide bonds. The molecule has 4 heteroatoms. The fourth-order valence-electron chi connectivity index (χ4n) is 2.14. The lowest BCUT2D eigenvalue weighted by atomic mass is 10.0. The first-order valence-corrected chi connectivity index (χ1v) is 7.86. The highest BCUT2D eigenvalue weighted by molar-refractivity contribution is 6.10. The number of hydrogen-bond donors (Lipinski definition) is 1. The monoisotopic (exact) mass is 326 g/mol. The first kappa shape index (κ1) is 17.8. The summed E-state index contributed by atoms with van der Waals surface area (Å²) in [5.74, 6) is 0.104. The molecule has 1 unspecified atom stereocenters. The van der Waals surface area contributed by atoms with Crippen molar-refractivity contribution in [3.8, 4) is 11.5 Å². The minimum Gasteiger partial charge on any atom is -0.507 e. The first-order valence-electron chi connectivity index (χ1n) is 7.86. The summed E-state index contributed by atoms with van der Waals surface area (Å²) >= 11 is 0. The molecule has 0 aliphatic heterocycles. The van der Waals surface area contributed by atoms with Crippen LogP contribution in [0.3, 0.4) is 0 Å². The molecular weight excluding hydrogens is 304 g/mol. The molecule has 0 heterocycles. The summed E-state index contributed by atoms with van der Waals surface area (Å²) in [7, 11) is 0. The lowest BCUT2D eigenvalue weighted by molar-refractivity contribution is -0.0728. The molecule has 0 fully saturated rings. The number of carbonyl (C=O) groups excluding carboxylic acids is 1. The highest BCUT2D eigenvalue weighted by Gasteiger charge is 2.15. The van der Waals surface area contributed by atoms with Crippen LogP contribution < -0.4 is 4.74 Å². The maximum absolute atomic E-state index is 12.4. The van der Waals surface area contributed by atoms with E-state index in [0.717, 1.165) is 5.57 Å². The summed E-state index contributed by atoms with van der Waals surface area (Å²) < 4.78 is 11.3. The van der Waals surface area contributed by atoms with Crippen LogP contribution in [0.4, 0.5) is 0 Å². The van der Waals surface area contributed by atoms with Crippen molar-refractivity contribution in [2.45, 2.75) is 26.6 Å². The number of rotatable bonds is 8. The summed E-state index contributed by atoms with van der Waals surface area (Å²) in [6.45, 7) is 8.01. The van der Waals surface area contributed by atoms with Gasteiger partial charge in [0.25, 0.3) is 0 Å². The predicted octanol–water partition coefficient (Wildman–Crippen LogP) is 4.33. The minimum absolute atomic E-state index is 0.115. The Kier molecular flexibility index (Phi) is 6.15. The van der Waals surface area contributed by atoms with Crippen LogP contribution in [0.2, 0.25) is 0 Å². The molecule has 2 aromatic rings. The third kappa shape index (κ3) is 4.70. The van der Waals surface area contributed by atoms with Gasteiger partial charge in [-0.3, -0.25) is 4.79 Å². The normalized spacial score (nSPS) is 11.8. The highest BCUT2D eigenvalue weighted by Crippen LogP contribution is 2.27. The second-order valence-electron chi connectivity index (χ2n) is 5.60. The average Bonchev–Trinajstić information content (AvgIpc) is 2.58. The van der Waals surface area contributed by atoms with Gasteiger partial charge in [-0.15, -0.1) is 0 Å². The lowest BCUT2D eigenvalue weighted by Crippen LogP contribution is -2.20. The fourth-order valence-corrected chi connectivity index (χ4v) is 2.14. The summed E-state index contributed by atoms with van der Waals surface area (Å²) in [6.07, 6.45) is 0.218. The molecule has 0 saturated carbocycles. The van der Waals surface area contributed by atoms with Crippen LogP contribution >= 0.6 is 0 Å². The van der Waals surface area contributed by atoms with E-state index in [-0.39, 0.29) is 17.1 Å². The average molecular weight is 326 g/mol. The van der Waals surface area contributed by atoms with Crippen molar-refractivity contribution >= 4 is 5.78 Å². The number of ether oxygens (including phenoxy) is 2. The van der Waals surface area contributed by atoms with Crippen LogP contribution in [0.1, 0.15) is 36.2 Å². The van der Waals surface area contributed by atoms with Crippen LogP contribution in [-0.4, -0.2) is 23.8 Å². The van der Waals surface area contributed by atoms with E-state index in [1.165, 1.54) is 6.07 Å². The molecule has 2 aromatic carbocycles. The van der Waals surface area contributed by atoms with E-state index in [4.69, 9.17) is 9.47 Å². The van der Waals surface area contributed by atoms with Crippen molar-refractivity contribution in [3.05, 3.63) is 71.8 Å². The van der Waals surface area contributed by atoms with Crippen molar-refractivity contribution in [1.29, 1.82) is 0 Å². The van der Waals surface area contributed by atoms with Crippen LogP contribution in [-0.2, 0) is 4.74 Å². The van der Waals surface area contributed by atoms with Gasteiger partial charge in [-0.25, -0.2) is 0 Å². The summed E-state index contributed by atoms with van der Waals surface area (Å²) in [5, 5.41) is 10.2. The van der Waals surface area contributed by atoms with Crippen LogP contribution in [0.25, 0.3) is 0 Å². The first-order chi connectivity index (χ1) is 11.5. The molecule has 0 bridgehead atoms. The number of phenolic OH excluding ortho intramolecular Hbond substituents is 1. The van der Waals surface area contributed by atoms with Gasteiger partial charge in [0, 0.05) is 18.1 Å². The van der Waals surface area contributed by atoms with E-state index in [1.807, 2.05) is 19.9 Å². The molecule has 0 aliphatic carbocycles. The van der Waals surface area contributed by atoms with Gasteiger partial charge in [0.1, 0.15) is 11.5 Å². The molecule has 1 atom stereocenters. The van der Waals surface area contributed by atoms with E-state index < -0.39 is 6.29 Å². The number of carbonyl (C=O) groups is 1. The zero-order valence-electron chi connectivity index (χ0n) is 14.0. The SMILES string of the molecule is C=C(C)COC(CC)Oc1ccc(C(=O)c2ccccc2)c(O)c1. The molecule has 0 saturated heterocycles. The number of aromatic hydroxyl groups is 1. The Morgan fingerprint density at radius 3 is 2.50 bits per heavy atom. The largest absolute Gasteiger partial charge is 0.507 e. The molecule has 0 spiro atoms. The highest BCUT2D eigenvalue weighted by atomic mass is 16.7. The number of benzene rings is 2. The smallest absolute Gasteiger partial charge is 0.199 e. The molecule has 0 aliphatic rings. The van der Waals surface area contributed by atoms with E-state index in [1.54, 1.807) is 36.4 Å². The number of hydrogen-bond acceptors (Lipinski definition) is 4. The Hall–Kier alpha value is -2.59. The van der Waals surface area contributed by atoms with Crippen molar-refractivity contribution < 1.29 is 19.4 Å². The quantitative estimate of drug-likeness (QED) is 0.446. The zero-order valence-corrected chi connectivity index (χ0v) is 14.0. The van der Waals surface area contributed by atoms with Gasteiger partial charge in [0.15, 0.2) is 12.1 Å². The Morgan fingerprint density at radius 2 is 1.92 bits per heavy atom. The Labute approximate surface area is 142 Å². The van der Waals surface area contributed by atoms with Gasteiger partial charge in [0.05, 0.1) is 12.2 Å². The molecule has 4 nitrogen and oxygen atoms in total. The van der Waals surface area contributed by atoms with Gasteiger partial charge in [-0.2, -0.15) is 0 Å². The van der Waals surface area contributed by atoms with E-state index in [0.29, 0.717) is 24.3 Å². The molecule has 126 valence electrons. The van der Waals surface area contributed by atoms with Crippen LogP contribution in [0.5, 0.6) is 11.5 Å². The van der Waals surface area contributed by atoms with E-state index in [2.05, 4.69) is 6.58 Å². The summed E-state index contributed by atoms with van der Waals surface area (Å²) in [4.78, 5) is 12.4. The molecule has 0 radical (unpaired) electrons. The molecule has 0 aromatic heterocycles. The Morgan fingerprint density at radius 1 is 1.21 bits per heavy atom. The van der Waals surface area contributed by atoms with Gasteiger partial charge in [-0.1, -0.05) is 49.4 Å². The molecular formula is C20H22O4. The number of phenols is 1. The Bertz CT molecular complexity index is 707. The number of ketones is 1. The van der Waals surface area contributed by atoms with Crippen molar-refractivity contribution in [2.24, 2.45) is 0 Å². The fraction of sp³-hybridized carbons (Fsp3) is 0.250. The van der Waals surface area contributed by atoms with Gasteiger partial charge in [-0.05, 0) is 19.1 Å². The van der Waals surface area contributed by atoms with E-state index >= 15 is 0 Å². The second kappa shape index (κ2) is 8.31. The zero-order chi connectivity index (χ0) is 17.5. The third-order valence-corrected chi connectivity index (χ3v) is 3.37. The Balaban J connectivity index is 2.11. The van der Waals surface area contributed by atoms with Crippen LogP contribution in [0.15, 0.2) is 60.7 Å². The van der Waals surface area contributed by atoms with Crippen LogP contribution in [0, 0.1) is 0 Å². The standard InChI is InChI=1S/C20H22O4/c1-4-19(23-13-14(2)3)24-16-10-11-17(18(21)12-16)20(22)15-8-6-5-7-9-15/h5-12,19,21H,2,4,13H2,1,3H3. The van der Waals surface area contributed by atoms with Gasteiger partial charge < -0.3 is 14.6 Å². The third-order valence-electron chi connectivity index (χ3n) is 3.37. The van der Waals surface area contributed by atoms with Crippen molar-refractivity contribution in [3.63, 3.8) is 0 Å². The maximum Gasteiger partial charge on any atom is 0.199 e. The van der Waals surface area contributed by atoms with Gasteiger partial charge >= 0.3 is 0 Å². The molecule has 2 rings (SSSR count). The maximum atomic E-state index is 12.4. The lowest BCUT2D eigenvalue weighted by Gasteiger charge is -2.18. The van der Waals surface area contributed by atoms with Crippen molar-refractivity contribution in [2.75, 3.05) is 6.61 Å². The van der Waals surface area contributed by atoms with Gasteiger partial charge in [0.2, 0.25) is 0 Å². The molecule has 1 N–H and O–H groups in total. The summed E-state index contributed by atoms with van der Waals surface area (Å²) in [5.41, 5.74) is 1.67. The predicted molar refractivity (Wildman–Crippen MR) is 93.5 cm³/mol. The summed E-state index contributed by atoms with van der Waals surface area (Å²) in [6, 6.07) is 13.5. The minimum atomic E-state index is -0.434. The second-order valence-corrected chi connectivity index (χ2v) is 5.60. The molecule has 24 heavy (non-hydrogen) atoms. The van der Waals surface area contributed by atoms with E-state index in [9.17, 15) is 9.90 Å². The van der Waals surface area contributed by atoms with Crippen molar-refractivity contribution in [1.82, 2.24) is 0 Å². The topological polar surface area (TPSA) is 55.8 Å².